The molecule has 0 aliphatic carbocycles. The molecule has 4 heteroatoms. The summed E-state index contributed by atoms with van der Waals surface area (Å²) in [5, 5.41) is 2.75. The van der Waals surface area contributed by atoms with Crippen molar-refractivity contribution in [3.8, 4) is 20.9 Å². The number of aryl methyl sites for hydroxylation is 3. The molecule has 0 fully saturated rings. The van der Waals surface area contributed by atoms with E-state index in [0.29, 0.717) is 0 Å². The van der Waals surface area contributed by atoms with E-state index in [2.05, 4.69) is 86.1 Å². The molecule has 0 radical (unpaired) electrons. The van der Waals surface area contributed by atoms with Gasteiger partial charge in [0.15, 0.2) is 0 Å². The standard InChI is InChI=1S/C35H39NS3/c1-4-6-8-10-12-26-16-20-31(37-26)24-14-18-28-30(22-24)36(3)34-29-19-15-25(23-33(29)39-35(28)34)32-21-17-27(38-32)13-11-9-7-5-2/h14-23H,4-13H2,1-3H3. The van der Waals surface area contributed by atoms with Crippen molar-refractivity contribution in [2.24, 2.45) is 7.05 Å². The van der Waals surface area contributed by atoms with Gasteiger partial charge in [0, 0.05) is 42.0 Å². The summed E-state index contributed by atoms with van der Waals surface area (Å²) in [6.45, 7) is 4.56. The van der Waals surface area contributed by atoms with Gasteiger partial charge in [-0.2, -0.15) is 0 Å². The third kappa shape index (κ3) is 5.49. The monoisotopic (exact) mass is 569 g/mol. The van der Waals surface area contributed by atoms with Gasteiger partial charge in [0.05, 0.1) is 15.7 Å². The fourth-order valence-corrected chi connectivity index (χ4v) is 9.21. The van der Waals surface area contributed by atoms with Crippen LogP contribution in [0.5, 0.6) is 0 Å². The Morgan fingerprint density at radius 3 is 1.79 bits per heavy atom. The highest BCUT2D eigenvalue weighted by atomic mass is 32.1. The molecule has 0 atom stereocenters. The molecule has 0 saturated carbocycles. The number of rotatable bonds is 12. The fourth-order valence-electron chi connectivity index (χ4n) is 5.81. The number of fused-ring (bicyclic) bond motifs is 5. The summed E-state index contributed by atoms with van der Waals surface area (Å²) in [6, 6.07) is 23.5. The SMILES string of the molecule is CCCCCCc1ccc(-c2ccc3c(c2)sc2c4ccc(-c5ccc(CCCCCC)s5)cc4n(C)c32)s1. The Bertz CT molecular complexity index is 1700. The second-order valence-electron chi connectivity index (χ2n) is 10.9. The van der Waals surface area contributed by atoms with Gasteiger partial charge in [0.2, 0.25) is 0 Å². The Morgan fingerprint density at radius 1 is 0.590 bits per heavy atom. The lowest BCUT2D eigenvalue weighted by Gasteiger charge is -2.03. The number of hydrogen-bond acceptors (Lipinski definition) is 3. The third-order valence-electron chi connectivity index (χ3n) is 8.05. The van der Waals surface area contributed by atoms with E-state index in [1.807, 2.05) is 34.0 Å². The van der Waals surface area contributed by atoms with Gasteiger partial charge in [0.1, 0.15) is 0 Å². The topological polar surface area (TPSA) is 4.93 Å². The number of hydrogen-bond donors (Lipinski definition) is 0. The van der Waals surface area contributed by atoms with E-state index in [9.17, 15) is 0 Å². The zero-order valence-electron chi connectivity index (χ0n) is 23.5. The van der Waals surface area contributed by atoms with Crippen LogP contribution in [0.15, 0.2) is 60.7 Å². The Balaban J connectivity index is 1.27. The first-order valence-corrected chi connectivity index (χ1v) is 17.2. The average Bonchev–Trinajstić information content (AvgIpc) is 3.74. The van der Waals surface area contributed by atoms with Crippen molar-refractivity contribution < 1.29 is 0 Å². The molecule has 1 nitrogen and oxygen atoms in total. The molecule has 0 amide bonds. The van der Waals surface area contributed by atoms with Crippen molar-refractivity contribution in [2.45, 2.75) is 78.1 Å². The van der Waals surface area contributed by atoms with Crippen LogP contribution in [0.2, 0.25) is 0 Å². The van der Waals surface area contributed by atoms with Crippen LogP contribution in [0.1, 0.15) is 75.0 Å². The lowest BCUT2D eigenvalue weighted by atomic mass is 10.1. The first kappa shape index (κ1) is 26.8. The van der Waals surface area contributed by atoms with Crippen LogP contribution < -0.4 is 0 Å². The van der Waals surface area contributed by atoms with Gasteiger partial charge >= 0.3 is 0 Å². The van der Waals surface area contributed by atoms with Gasteiger partial charge in [-0.25, -0.2) is 0 Å². The van der Waals surface area contributed by atoms with Gasteiger partial charge in [0.25, 0.3) is 0 Å². The molecule has 0 saturated heterocycles. The highest BCUT2D eigenvalue weighted by molar-refractivity contribution is 7.26. The normalized spacial score (nSPS) is 12.0. The summed E-state index contributed by atoms with van der Waals surface area (Å²) in [4.78, 5) is 5.83. The fraction of sp³-hybridized carbons (Fsp3) is 0.371. The van der Waals surface area contributed by atoms with Crippen LogP contribution in [0, 0.1) is 0 Å². The average molecular weight is 570 g/mol. The van der Waals surface area contributed by atoms with E-state index < -0.39 is 0 Å². The minimum atomic E-state index is 1.21. The molecule has 2 aromatic carbocycles. The van der Waals surface area contributed by atoms with E-state index in [0.717, 1.165) is 0 Å². The van der Waals surface area contributed by atoms with E-state index >= 15 is 0 Å². The lowest BCUT2D eigenvalue weighted by Crippen LogP contribution is -1.87. The van der Waals surface area contributed by atoms with E-state index in [1.54, 1.807) is 0 Å². The van der Waals surface area contributed by atoms with Crippen LogP contribution in [-0.4, -0.2) is 4.57 Å². The Labute approximate surface area is 245 Å². The maximum Gasteiger partial charge on any atom is 0.0678 e. The predicted octanol–water partition coefficient (Wildman–Crippen LogP) is 12.2. The number of nitrogens with zero attached hydrogens (tertiary/aromatic N) is 1. The third-order valence-corrected chi connectivity index (χ3v) is 11.6. The number of thiophene rings is 3. The highest BCUT2D eigenvalue weighted by Crippen LogP contribution is 2.43. The highest BCUT2D eigenvalue weighted by Gasteiger charge is 2.17. The summed E-state index contributed by atoms with van der Waals surface area (Å²) in [6.07, 6.45) is 13.0. The smallest absolute Gasteiger partial charge is 0.0678 e. The van der Waals surface area contributed by atoms with E-state index in [4.69, 9.17) is 0 Å². The molecular weight excluding hydrogens is 531 g/mol. The molecule has 4 aromatic heterocycles. The molecule has 0 unspecified atom stereocenters. The van der Waals surface area contributed by atoms with Gasteiger partial charge in [-0.15, -0.1) is 34.0 Å². The second kappa shape index (κ2) is 12.0. The van der Waals surface area contributed by atoms with Crippen molar-refractivity contribution >= 4 is 65.2 Å². The summed E-state index contributed by atoms with van der Waals surface area (Å²) in [5.41, 5.74) is 5.41. The molecule has 4 heterocycles. The summed E-state index contributed by atoms with van der Waals surface area (Å²) in [7, 11) is 2.24. The summed E-state index contributed by atoms with van der Waals surface area (Å²) < 4.78 is 5.23. The van der Waals surface area contributed by atoms with Crippen molar-refractivity contribution in [1.82, 2.24) is 4.57 Å². The van der Waals surface area contributed by atoms with Crippen molar-refractivity contribution in [3.05, 3.63) is 70.4 Å². The molecule has 0 spiro atoms. The van der Waals surface area contributed by atoms with Crippen LogP contribution in [0.4, 0.5) is 0 Å². The molecule has 6 rings (SSSR count). The van der Waals surface area contributed by atoms with E-state index in [1.165, 1.54) is 126 Å². The largest absolute Gasteiger partial charge is 0.342 e. The summed E-state index contributed by atoms with van der Waals surface area (Å²) >= 11 is 5.90. The van der Waals surface area contributed by atoms with Crippen LogP contribution in [-0.2, 0) is 19.9 Å². The molecule has 0 bridgehead atoms. The summed E-state index contributed by atoms with van der Waals surface area (Å²) in [5.74, 6) is 0. The Kier molecular flexibility index (Phi) is 8.25. The minimum absolute atomic E-state index is 1.21. The van der Waals surface area contributed by atoms with Gasteiger partial charge in [-0.1, -0.05) is 76.6 Å². The lowest BCUT2D eigenvalue weighted by molar-refractivity contribution is 0.670. The van der Waals surface area contributed by atoms with Crippen molar-refractivity contribution in [2.75, 3.05) is 0 Å². The van der Waals surface area contributed by atoms with Crippen LogP contribution in [0.3, 0.4) is 0 Å². The van der Waals surface area contributed by atoms with Gasteiger partial charge in [-0.05, 0) is 73.2 Å². The van der Waals surface area contributed by atoms with Crippen LogP contribution in [0.25, 0.3) is 52.1 Å². The van der Waals surface area contributed by atoms with Gasteiger partial charge in [-0.3, -0.25) is 0 Å². The molecule has 0 aliphatic rings. The molecule has 6 aromatic rings. The second-order valence-corrected chi connectivity index (χ2v) is 14.3. The zero-order valence-corrected chi connectivity index (χ0v) is 26.0. The van der Waals surface area contributed by atoms with E-state index in [-0.39, 0.29) is 0 Å². The van der Waals surface area contributed by atoms with Crippen molar-refractivity contribution in [3.63, 3.8) is 0 Å². The quantitative estimate of drug-likeness (QED) is 0.129. The first-order valence-electron chi connectivity index (χ1n) is 14.8. The molecule has 0 N–H and O–H groups in total. The number of unbranched alkanes of at least 4 members (excludes halogenated alkanes) is 6. The maximum absolute atomic E-state index is 2.42. The van der Waals surface area contributed by atoms with Crippen molar-refractivity contribution in [1.29, 1.82) is 0 Å². The Morgan fingerprint density at radius 2 is 1.18 bits per heavy atom. The molecule has 39 heavy (non-hydrogen) atoms. The predicted molar refractivity (Wildman–Crippen MR) is 178 cm³/mol. The minimum Gasteiger partial charge on any atom is -0.342 e. The number of benzene rings is 2. The zero-order chi connectivity index (χ0) is 26.8. The Hall–Kier alpha value is -2.40. The first-order chi connectivity index (χ1) is 19.2. The molecule has 0 aliphatic heterocycles. The molecular formula is C35H39NS3. The van der Waals surface area contributed by atoms with Gasteiger partial charge < -0.3 is 4.57 Å². The maximum atomic E-state index is 2.42. The molecule has 202 valence electrons. The van der Waals surface area contributed by atoms with Crippen LogP contribution >= 0.6 is 34.0 Å². The number of aromatic nitrogens is 1.